The largest absolute Gasteiger partial charge is 0.496 e. The Hall–Kier alpha value is -1.09. The lowest BCUT2D eigenvalue weighted by Crippen LogP contribution is -2.26. The summed E-state index contributed by atoms with van der Waals surface area (Å²) in [6.07, 6.45) is 9.37. The Bertz CT molecular complexity index is 425. The highest BCUT2D eigenvalue weighted by Gasteiger charge is 2.19. The zero-order valence-corrected chi connectivity index (χ0v) is 12.4. The van der Waals surface area contributed by atoms with Gasteiger partial charge in [-0.1, -0.05) is 25.7 Å². The molecule has 1 heterocycles. The number of ether oxygens (including phenoxy) is 1. The molecular formula is C16H26N2O. The molecule has 0 spiro atoms. The maximum Gasteiger partial charge on any atom is 0.128 e. The van der Waals surface area contributed by atoms with E-state index in [0.717, 1.165) is 41.3 Å². The lowest BCUT2D eigenvalue weighted by Gasteiger charge is -2.18. The van der Waals surface area contributed by atoms with Gasteiger partial charge in [0.1, 0.15) is 5.75 Å². The third kappa shape index (κ3) is 3.47. The van der Waals surface area contributed by atoms with Crippen molar-refractivity contribution in [1.29, 1.82) is 0 Å². The van der Waals surface area contributed by atoms with Gasteiger partial charge in [0.05, 0.1) is 7.11 Å². The Morgan fingerprint density at radius 3 is 2.68 bits per heavy atom. The number of nitrogens with zero attached hydrogens (tertiary/aromatic N) is 1. The zero-order chi connectivity index (χ0) is 13.8. The molecule has 1 aliphatic carbocycles. The Morgan fingerprint density at radius 1 is 1.37 bits per heavy atom. The topological polar surface area (TPSA) is 48.1 Å². The van der Waals surface area contributed by atoms with Crippen LogP contribution in [-0.2, 0) is 6.42 Å². The van der Waals surface area contributed by atoms with Gasteiger partial charge in [-0.3, -0.25) is 4.98 Å². The van der Waals surface area contributed by atoms with E-state index < -0.39 is 0 Å². The Balaban J connectivity index is 2.01. The molecule has 1 aromatic rings. The summed E-state index contributed by atoms with van der Waals surface area (Å²) in [4.78, 5) is 4.54. The van der Waals surface area contributed by atoms with Crippen molar-refractivity contribution in [3.63, 3.8) is 0 Å². The average molecular weight is 262 g/mol. The minimum atomic E-state index is 0.224. The maximum atomic E-state index is 6.30. The van der Waals surface area contributed by atoms with Crippen LogP contribution in [0.25, 0.3) is 0 Å². The van der Waals surface area contributed by atoms with Gasteiger partial charge in [-0.15, -0.1) is 0 Å². The zero-order valence-electron chi connectivity index (χ0n) is 12.4. The third-order valence-electron chi connectivity index (χ3n) is 4.32. The second-order valence-electron chi connectivity index (χ2n) is 5.90. The first-order valence-corrected chi connectivity index (χ1v) is 7.36. The fourth-order valence-electron chi connectivity index (χ4n) is 3.28. The summed E-state index contributed by atoms with van der Waals surface area (Å²) in [5.74, 6) is 1.79. The number of aryl methyl sites for hydroxylation is 1. The molecule has 2 N–H and O–H groups in total. The molecular weight excluding hydrogens is 236 g/mol. The summed E-state index contributed by atoms with van der Waals surface area (Å²) < 4.78 is 5.45. The molecule has 0 bridgehead atoms. The first-order valence-electron chi connectivity index (χ1n) is 7.36. The second kappa shape index (κ2) is 6.38. The second-order valence-corrected chi connectivity index (χ2v) is 5.90. The van der Waals surface area contributed by atoms with E-state index in [1.54, 1.807) is 7.11 Å². The molecule has 1 atom stereocenters. The van der Waals surface area contributed by atoms with Gasteiger partial charge in [-0.25, -0.2) is 0 Å². The van der Waals surface area contributed by atoms with Gasteiger partial charge in [0, 0.05) is 35.5 Å². The molecule has 2 rings (SSSR count). The SMILES string of the molecule is COc1c(C)cnc(CC(N)CC2CCCC2)c1C. The standard InChI is InChI=1S/C16H26N2O/c1-11-10-18-15(12(2)16(11)19-3)9-14(17)8-13-6-4-5-7-13/h10,13-14H,4-9,17H2,1-3H3. The van der Waals surface area contributed by atoms with E-state index in [1.165, 1.54) is 25.7 Å². The normalized spacial score (nSPS) is 17.7. The fourth-order valence-corrected chi connectivity index (χ4v) is 3.28. The monoisotopic (exact) mass is 262 g/mol. The van der Waals surface area contributed by atoms with Crippen LogP contribution in [0.15, 0.2) is 6.20 Å². The van der Waals surface area contributed by atoms with Crippen LogP contribution < -0.4 is 10.5 Å². The average Bonchev–Trinajstić information content (AvgIpc) is 2.86. The van der Waals surface area contributed by atoms with Crippen LogP contribution in [0.2, 0.25) is 0 Å². The number of rotatable bonds is 5. The van der Waals surface area contributed by atoms with Crippen LogP contribution in [0.3, 0.4) is 0 Å². The number of hydrogen-bond donors (Lipinski definition) is 1. The smallest absolute Gasteiger partial charge is 0.128 e. The number of aromatic nitrogens is 1. The number of hydrogen-bond acceptors (Lipinski definition) is 3. The molecule has 0 amide bonds. The number of pyridine rings is 1. The van der Waals surface area contributed by atoms with Crippen molar-refractivity contribution in [3.8, 4) is 5.75 Å². The van der Waals surface area contributed by atoms with E-state index in [4.69, 9.17) is 10.5 Å². The lowest BCUT2D eigenvalue weighted by atomic mass is 9.95. The fraction of sp³-hybridized carbons (Fsp3) is 0.688. The minimum Gasteiger partial charge on any atom is -0.496 e. The van der Waals surface area contributed by atoms with Gasteiger partial charge >= 0.3 is 0 Å². The summed E-state index contributed by atoms with van der Waals surface area (Å²) >= 11 is 0. The minimum absolute atomic E-state index is 0.224. The molecule has 106 valence electrons. The van der Waals surface area contributed by atoms with Crippen molar-refractivity contribution >= 4 is 0 Å². The van der Waals surface area contributed by atoms with Gasteiger partial charge in [-0.05, 0) is 26.2 Å². The summed E-state index contributed by atoms with van der Waals surface area (Å²) in [6.45, 7) is 4.11. The van der Waals surface area contributed by atoms with E-state index in [-0.39, 0.29) is 6.04 Å². The van der Waals surface area contributed by atoms with Crippen LogP contribution in [0.4, 0.5) is 0 Å². The van der Waals surface area contributed by atoms with Gasteiger partial charge in [0.25, 0.3) is 0 Å². The highest BCUT2D eigenvalue weighted by Crippen LogP contribution is 2.30. The first-order chi connectivity index (χ1) is 9.11. The summed E-state index contributed by atoms with van der Waals surface area (Å²) in [5.41, 5.74) is 9.63. The Labute approximate surface area is 116 Å². The van der Waals surface area contributed by atoms with E-state index >= 15 is 0 Å². The molecule has 3 nitrogen and oxygen atoms in total. The first kappa shape index (κ1) is 14.3. The van der Waals surface area contributed by atoms with E-state index in [2.05, 4.69) is 11.9 Å². The van der Waals surface area contributed by atoms with Crippen molar-refractivity contribution in [2.75, 3.05) is 7.11 Å². The molecule has 0 aliphatic heterocycles. The maximum absolute atomic E-state index is 6.30. The van der Waals surface area contributed by atoms with Crippen LogP contribution in [-0.4, -0.2) is 18.1 Å². The van der Waals surface area contributed by atoms with E-state index in [0.29, 0.717) is 0 Å². The predicted octanol–water partition coefficient (Wildman–Crippen LogP) is 3.16. The van der Waals surface area contributed by atoms with Crippen molar-refractivity contribution in [2.45, 2.75) is 58.4 Å². The summed E-state index contributed by atoms with van der Waals surface area (Å²) in [5, 5.41) is 0. The van der Waals surface area contributed by atoms with Crippen LogP contribution in [0, 0.1) is 19.8 Å². The van der Waals surface area contributed by atoms with Crippen LogP contribution >= 0.6 is 0 Å². The van der Waals surface area contributed by atoms with Crippen LogP contribution in [0.1, 0.15) is 48.9 Å². The molecule has 0 aromatic carbocycles. The molecule has 1 aliphatic rings. The Morgan fingerprint density at radius 2 is 2.05 bits per heavy atom. The van der Waals surface area contributed by atoms with E-state index in [9.17, 15) is 0 Å². The van der Waals surface area contributed by atoms with Crippen LogP contribution in [0.5, 0.6) is 5.75 Å². The molecule has 3 heteroatoms. The molecule has 19 heavy (non-hydrogen) atoms. The highest BCUT2D eigenvalue weighted by atomic mass is 16.5. The van der Waals surface area contributed by atoms with Crippen molar-refractivity contribution in [1.82, 2.24) is 4.98 Å². The van der Waals surface area contributed by atoms with Gasteiger partial charge in [0.15, 0.2) is 0 Å². The Kier molecular flexibility index (Phi) is 4.81. The summed E-state index contributed by atoms with van der Waals surface area (Å²) in [7, 11) is 1.72. The number of methoxy groups -OCH3 is 1. The van der Waals surface area contributed by atoms with Gasteiger partial charge in [-0.2, -0.15) is 0 Å². The summed E-state index contributed by atoms with van der Waals surface area (Å²) in [6, 6.07) is 0.224. The van der Waals surface area contributed by atoms with E-state index in [1.807, 2.05) is 13.1 Å². The van der Waals surface area contributed by atoms with Gasteiger partial charge < -0.3 is 10.5 Å². The molecule has 1 saturated carbocycles. The molecule has 1 unspecified atom stereocenters. The van der Waals surface area contributed by atoms with Crippen molar-refractivity contribution < 1.29 is 4.74 Å². The van der Waals surface area contributed by atoms with Crippen molar-refractivity contribution in [3.05, 3.63) is 23.0 Å². The molecule has 0 radical (unpaired) electrons. The third-order valence-corrected chi connectivity index (χ3v) is 4.32. The van der Waals surface area contributed by atoms with Gasteiger partial charge in [0.2, 0.25) is 0 Å². The van der Waals surface area contributed by atoms with Crippen molar-refractivity contribution in [2.24, 2.45) is 11.7 Å². The predicted molar refractivity (Wildman–Crippen MR) is 78.5 cm³/mol. The molecule has 1 fully saturated rings. The molecule has 0 saturated heterocycles. The lowest BCUT2D eigenvalue weighted by molar-refractivity contribution is 0.404. The molecule has 1 aromatic heterocycles. The highest BCUT2D eigenvalue weighted by molar-refractivity contribution is 5.41. The quantitative estimate of drug-likeness (QED) is 0.886. The number of nitrogens with two attached hydrogens (primary N) is 1.